The summed E-state index contributed by atoms with van der Waals surface area (Å²) in [5, 5.41) is 13.7. The molecule has 1 fully saturated rings. The molecule has 2 heterocycles. The molecule has 2 aromatic heterocycles. The molecule has 0 atom stereocenters. The second-order valence-corrected chi connectivity index (χ2v) is 3.53. The van der Waals surface area contributed by atoms with Gasteiger partial charge < -0.3 is 0 Å². The molecule has 0 spiro atoms. The van der Waals surface area contributed by atoms with E-state index in [9.17, 15) is 0 Å². The zero-order valence-electron chi connectivity index (χ0n) is 7.51. The molecule has 0 unspecified atom stereocenters. The van der Waals surface area contributed by atoms with Crippen molar-refractivity contribution in [3.8, 4) is 11.4 Å². The second kappa shape index (κ2) is 2.87. The summed E-state index contributed by atoms with van der Waals surface area (Å²) in [6.45, 7) is 0. The van der Waals surface area contributed by atoms with Gasteiger partial charge in [0.2, 0.25) is 0 Å². The lowest BCUT2D eigenvalue weighted by atomic mass is 10.1. The Hall–Kier alpha value is -1.78. The van der Waals surface area contributed by atoms with Gasteiger partial charge in [0, 0.05) is 18.0 Å². The van der Waals surface area contributed by atoms with E-state index in [4.69, 9.17) is 0 Å². The van der Waals surface area contributed by atoms with Gasteiger partial charge in [0.1, 0.15) is 0 Å². The molecule has 1 aliphatic rings. The van der Waals surface area contributed by atoms with Crippen LogP contribution in [0.2, 0.25) is 0 Å². The van der Waals surface area contributed by atoms with E-state index in [2.05, 4.69) is 31.7 Å². The van der Waals surface area contributed by atoms with Gasteiger partial charge in [-0.2, -0.15) is 0 Å². The lowest BCUT2D eigenvalue weighted by Crippen LogP contribution is -1.87. The number of nitrogens with one attached hydrogen (secondary N) is 1. The van der Waals surface area contributed by atoms with Crippen molar-refractivity contribution in [3.05, 3.63) is 24.0 Å². The predicted octanol–water partition coefficient (Wildman–Crippen LogP) is 1.14. The number of aromatic nitrogens is 5. The summed E-state index contributed by atoms with van der Waals surface area (Å²) >= 11 is 0. The van der Waals surface area contributed by atoms with Gasteiger partial charge in [-0.05, 0) is 40.8 Å². The van der Waals surface area contributed by atoms with E-state index in [0.29, 0.717) is 11.7 Å². The SMILES string of the molecule is c1ncc(C2CC2)cc1-c1nnn[nH]1. The van der Waals surface area contributed by atoms with E-state index in [1.54, 1.807) is 6.20 Å². The van der Waals surface area contributed by atoms with Gasteiger partial charge >= 0.3 is 0 Å². The summed E-state index contributed by atoms with van der Waals surface area (Å²) in [5.74, 6) is 1.39. The van der Waals surface area contributed by atoms with Crippen LogP contribution < -0.4 is 0 Å². The number of pyridine rings is 1. The van der Waals surface area contributed by atoms with E-state index in [1.807, 2.05) is 6.20 Å². The number of aromatic amines is 1. The Labute approximate surface area is 80.6 Å². The average molecular weight is 187 g/mol. The Morgan fingerprint density at radius 3 is 2.93 bits per heavy atom. The number of hydrogen-bond acceptors (Lipinski definition) is 4. The third-order valence-electron chi connectivity index (χ3n) is 2.43. The highest BCUT2D eigenvalue weighted by Gasteiger charge is 2.24. The summed E-state index contributed by atoms with van der Waals surface area (Å²) < 4.78 is 0. The van der Waals surface area contributed by atoms with Crippen molar-refractivity contribution in [2.45, 2.75) is 18.8 Å². The normalized spacial score (nSPS) is 15.7. The first-order chi connectivity index (χ1) is 6.93. The zero-order valence-corrected chi connectivity index (χ0v) is 7.51. The van der Waals surface area contributed by atoms with Crippen molar-refractivity contribution >= 4 is 0 Å². The van der Waals surface area contributed by atoms with Gasteiger partial charge in [-0.15, -0.1) is 5.10 Å². The maximum absolute atomic E-state index is 4.19. The monoisotopic (exact) mass is 187 g/mol. The Kier molecular flexibility index (Phi) is 1.56. The van der Waals surface area contributed by atoms with Gasteiger partial charge in [0.15, 0.2) is 5.82 Å². The lowest BCUT2D eigenvalue weighted by molar-refractivity contribution is 0.881. The molecule has 0 radical (unpaired) electrons. The molecule has 70 valence electrons. The average Bonchev–Trinajstić information content (AvgIpc) is 2.94. The highest BCUT2D eigenvalue weighted by atomic mass is 15.5. The Bertz CT molecular complexity index is 432. The Morgan fingerprint density at radius 1 is 1.29 bits per heavy atom. The maximum atomic E-state index is 4.19. The molecular weight excluding hydrogens is 178 g/mol. The smallest absolute Gasteiger partial charge is 0.180 e. The summed E-state index contributed by atoms with van der Waals surface area (Å²) in [4.78, 5) is 4.19. The molecule has 5 heteroatoms. The zero-order chi connectivity index (χ0) is 9.38. The highest BCUT2D eigenvalue weighted by Crippen LogP contribution is 2.40. The predicted molar refractivity (Wildman–Crippen MR) is 49.4 cm³/mol. The third-order valence-corrected chi connectivity index (χ3v) is 2.43. The fourth-order valence-electron chi connectivity index (χ4n) is 1.51. The number of tetrazole rings is 1. The van der Waals surface area contributed by atoms with Crippen molar-refractivity contribution in [1.82, 2.24) is 25.6 Å². The van der Waals surface area contributed by atoms with Crippen LogP contribution in [0.5, 0.6) is 0 Å². The van der Waals surface area contributed by atoms with Gasteiger partial charge in [0.05, 0.1) is 0 Å². The maximum Gasteiger partial charge on any atom is 0.180 e. The minimum Gasteiger partial charge on any atom is -0.264 e. The van der Waals surface area contributed by atoms with E-state index >= 15 is 0 Å². The van der Waals surface area contributed by atoms with Crippen LogP contribution in [0.4, 0.5) is 0 Å². The lowest BCUT2D eigenvalue weighted by Gasteiger charge is -1.98. The van der Waals surface area contributed by atoms with E-state index < -0.39 is 0 Å². The molecule has 14 heavy (non-hydrogen) atoms. The van der Waals surface area contributed by atoms with Crippen LogP contribution in [0.25, 0.3) is 11.4 Å². The van der Waals surface area contributed by atoms with Crippen LogP contribution in [0.1, 0.15) is 24.3 Å². The molecule has 0 aromatic carbocycles. The highest BCUT2D eigenvalue weighted by molar-refractivity contribution is 5.53. The fourth-order valence-corrected chi connectivity index (χ4v) is 1.51. The minimum absolute atomic E-state index is 0.681. The first kappa shape index (κ1) is 7.61. The molecule has 0 bridgehead atoms. The molecule has 1 saturated carbocycles. The summed E-state index contributed by atoms with van der Waals surface area (Å²) in [5.41, 5.74) is 2.25. The second-order valence-electron chi connectivity index (χ2n) is 3.53. The van der Waals surface area contributed by atoms with Crippen molar-refractivity contribution in [1.29, 1.82) is 0 Å². The van der Waals surface area contributed by atoms with E-state index in [1.165, 1.54) is 18.4 Å². The summed E-state index contributed by atoms with van der Waals surface area (Å²) in [6, 6.07) is 2.10. The topological polar surface area (TPSA) is 67.3 Å². The van der Waals surface area contributed by atoms with Crippen LogP contribution in [0.3, 0.4) is 0 Å². The molecule has 3 rings (SSSR count). The molecule has 1 N–H and O–H groups in total. The first-order valence-electron chi connectivity index (χ1n) is 4.62. The van der Waals surface area contributed by atoms with Crippen molar-refractivity contribution in [2.24, 2.45) is 0 Å². The molecule has 5 nitrogen and oxygen atoms in total. The standard InChI is InChI=1S/C9H9N5/c1-2-6(1)7-3-8(5-10-4-7)9-11-13-14-12-9/h3-6H,1-2H2,(H,11,12,13,14). The number of H-pyrrole nitrogens is 1. The Balaban J connectivity index is 2.02. The van der Waals surface area contributed by atoms with Crippen molar-refractivity contribution in [2.75, 3.05) is 0 Å². The van der Waals surface area contributed by atoms with Crippen molar-refractivity contribution in [3.63, 3.8) is 0 Å². The third kappa shape index (κ3) is 1.26. The first-order valence-corrected chi connectivity index (χ1v) is 4.62. The van der Waals surface area contributed by atoms with Gasteiger partial charge in [-0.3, -0.25) is 4.98 Å². The largest absolute Gasteiger partial charge is 0.264 e. The quantitative estimate of drug-likeness (QED) is 0.765. The van der Waals surface area contributed by atoms with Gasteiger partial charge in [0.25, 0.3) is 0 Å². The van der Waals surface area contributed by atoms with E-state index in [-0.39, 0.29) is 0 Å². The van der Waals surface area contributed by atoms with Crippen LogP contribution >= 0.6 is 0 Å². The number of nitrogens with zero attached hydrogens (tertiary/aromatic N) is 4. The van der Waals surface area contributed by atoms with Crippen LogP contribution in [-0.2, 0) is 0 Å². The number of rotatable bonds is 2. The van der Waals surface area contributed by atoms with Crippen LogP contribution in [-0.4, -0.2) is 25.6 Å². The van der Waals surface area contributed by atoms with E-state index in [0.717, 1.165) is 5.56 Å². The molecule has 0 saturated heterocycles. The fraction of sp³-hybridized carbons (Fsp3) is 0.333. The molecule has 0 amide bonds. The van der Waals surface area contributed by atoms with Gasteiger partial charge in [-0.25, -0.2) is 5.10 Å². The summed E-state index contributed by atoms with van der Waals surface area (Å²) in [6.07, 6.45) is 6.25. The molecule has 2 aromatic rings. The van der Waals surface area contributed by atoms with Crippen LogP contribution in [0.15, 0.2) is 18.5 Å². The number of hydrogen-bond donors (Lipinski definition) is 1. The Morgan fingerprint density at radius 2 is 2.21 bits per heavy atom. The molecule has 1 aliphatic carbocycles. The van der Waals surface area contributed by atoms with Crippen LogP contribution in [0, 0.1) is 0 Å². The molecule has 0 aliphatic heterocycles. The summed E-state index contributed by atoms with van der Waals surface area (Å²) in [7, 11) is 0. The minimum atomic E-state index is 0.681. The molecular formula is C9H9N5. The van der Waals surface area contributed by atoms with Gasteiger partial charge in [-0.1, -0.05) is 0 Å². The van der Waals surface area contributed by atoms with Crippen molar-refractivity contribution < 1.29 is 0 Å².